The largest absolute Gasteiger partial charge is 0.240 e. The number of hydrogen-bond donors (Lipinski definition) is 0. The number of nitrogens with zero attached hydrogens (tertiary/aromatic N) is 5. The topological polar surface area (TPSA) is 56.5 Å². The van der Waals surface area contributed by atoms with Crippen molar-refractivity contribution in [2.45, 2.75) is 10.9 Å². The Morgan fingerprint density at radius 2 is 2.33 bits per heavy atom. The van der Waals surface area contributed by atoms with E-state index >= 15 is 0 Å². The number of aromatic nitrogens is 5. The Labute approximate surface area is 116 Å². The van der Waals surface area contributed by atoms with Crippen molar-refractivity contribution in [3.8, 4) is 10.6 Å². The number of thioether (sulfide) groups is 1. The van der Waals surface area contributed by atoms with Crippen LogP contribution in [0, 0.1) is 0 Å². The maximum atomic E-state index is 4.61. The van der Waals surface area contributed by atoms with Crippen molar-refractivity contribution < 1.29 is 0 Å². The van der Waals surface area contributed by atoms with E-state index in [1.165, 1.54) is 5.56 Å². The van der Waals surface area contributed by atoms with Gasteiger partial charge in [0.25, 0.3) is 0 Å². The van der Waals surface area contributed by atoms with Gasteiger partial charge in [0.2, 0.25) is 5.16 Å². The molecule has 0 bridgehead atoms. The van der Waals surface area contributed by atoms with Gasteiger partial charge in [0.15, 0.2) is 0 Å². The third-order valence-electron chi connectivity index (χ3n) is 2.25. The molecule has 0 saturated heterocycles. The van der Waals surface area contributed by atoms with Crippen LogP contribution in [0.3, 0.4) is 0 Å². The van der Waals surface area contributed by atoms with Gasteiger partial charge >= 0.3 is 0 Å². The number of thiophene rings is 1. The molecule has 18 heavy (non-hydrogen) atoms. The molecule has 3 aromatic rings. The van der Waals surface area contributed by atoms with Crippen LogP contribution >= 0.6 is 34.4 Å². The molecule has 0 unspecified atom stereocenters. The zero-order chi connectivity index (χ0) is 12.4. The quantitative estimate of drug-likeness (QED) is 0.693. The third-order valence-corrected chi connectivity index (χ3v) is 4.92. The van der Waals surface area contributed by atoms with E-state index in [0.717, 1.165) is 21.6 Å². The first-order valence-corrected chi connectivity index (χ1v) is 7.96. The fourth-order valence-corrected chi connectivity index (χ4v) is 3.75. The molecule has 0 spiro atoms. The lowest BCUT2D eigenvalue weighted by atomic mass is 10.4. The van der Waals surface area contributed by atoms with Gasteiger partial charge in [0.05, 0.1) is 5.69 Å². The van der Waals surface area contributed by atoms with Gasteiger partial charge in [-0.2, -0.15) is 11.3 Å². The number of tetrazole rings is 1. The summed E-state index contributed by atoms with van der Waals surface area (Å²) >= 11 is 4.95. The SMILES string of the molecule is Cn1nnnc1SCc1csc(-c2ccsc2)n1. The minimum absolute atomic E-state index is 0.787. The van der Waals surface area contributed by atoms with Gasteiger partial charge in [-0.1, -0.05) is 11.8 Å². The van der Waals surface area contributed by atoms with Crippen molar-refractivity contribution in [2.75, 3.05) is 0 Å². The first-order chi connectivity index (χ1) is 8.83. The predicted molar refractivity (Wildman–Crippen MR) is 73.8 cm³/mol. The van der Waals surface area contributed by atoms with E-state index in [9.17, 15) is 0 Å². The summed E-state index contributed by atoms with van der Waals surface area (Å²) in [7, 11) is 1.83. The first-order valence-electron chi connectivity index (χ1n) is 5.15. The molecule has 3 heterocycles. The fraction of sp³-hybridized carbons (Fsp3) is 0.200. The van der Waals surface area contributed by atoms with Crippen LogP contribution in [-0.2, 0) is 12.8 Å². The van der Waals surface area contributed by atoms with Crippen molar-refractivity contribution >= 4 is 34.4 Å². The Hall–Kier alpha value is -1.25. The summed E-state index contributed by atoms with van der Waals surface area (Å²) in [6, 6.07) is 2.09. The van der Waals surface area contributed by atoms with Crippen molar-refractivity contribution in [1.82, 2.24) is 25.2 Å². The van der Waals surface area contributed by atoms with Gasteiger partial charge < -0.3 is 0 Å². The summed E-state index contributed by atoms with van der Waals surface area (Å²) < 4.78 is 1.66. The van der Waals surface area contributed by atoms with Gasteiger partial charge in [-0.05, 0) is 21.9 Å². The average Bonchev–Trinajstić information content (AvgIpc) is 3.08. The molecular formula is C10H9N5S3. The molecule has 3 aromatic heterocycles. The van der Waals surface area contributed by atoms with E-state index in [1.807, 2.05) is 7.05 Å². The first kappa shape index (κ1) is 11.8. The molecule has 0 aliphatic heterocycles. The van der Waals surface area contributed by atoms with Crippen molar-refractivity contribution in [1.29, 1.82) is 0 Å². The summed E-state index contributed by atoms with van der Waals surface area (Å²) in [6.07, 6.45) is 0. The van der Waals surface area contributed by atoms with Crippen LogP contribution in [0.15, 0.2) is 27.4 Å². The minimum atomic E-state index is 0.787. The summed E-state index contributed by atoms with van der Waals surface area (Å²) in [5.41, 5.74) is 2.26. The lowest BCUT2D eigenvalue weighted by Crippen LogP contribution is -1.93. The van der Waals surface area contributed by atoms with Gasteiger partial charge in [-0.3, -0.25) is 0 Å². The van der Waals surface area contributed by atoms with E-state index in [-0.39, 0.29) is 0 Å². The number of aryl methyl sites for hydroxylation is 1. The lowest BCUT2D eigenvalue weighted by Gasteiger charge is -1.95. The molecule has 0 N–H and O–H groups in total. The highest BCUT2D eigenvalue weighted by Gasteiger charge is 2.08. The maximum absolute atomic E-state index is 4.61. The molecule has 5 nitrogen and oxygen atoms in total. The lowest BCUT2D eigenvalue weighted by molar-refractivity contribution is 0.664. The van der Waals surface area contributed by atoms with Gasteiger partial charge in [-0.25, -0.2) is 9.67 Å². The molecule has 0 fully saturated rings. The molecule has 8 heteroatoms. The highest BCUT2D eigenvalue weighted by atomic mass is 32.2. The molecule has 3 rings (SSSR count). The number of rotatable bonds is 4. The normalized spacial score (nSPS) is 10.9. The average molecular weight is 295 g/mol. The maximum Gasteiger partial charge on any atom is 0.209 e. The second-order valence-corrected chi connectivity index (χ2v) is 6.11. The second kappa shape index (κ2) is 5.17. The van der Waals surface area contributed by atoms with Gasteiger partial charge in [0, 0.05) is 29.1 Å². The Morgan fingerprint density at radius 1 is 1.39 bits per heavy atom. The minimum Gasteiger partial charge on any atom is -0.240 e. The molecule has 0 aliphatic rings. The Balaban J connectivity index is 1.69. The molecular weight excluding hydrogens is 286 g/mol. The Bertz CT molecular complexity index is 628. The second-order valence-electron chi connectivity index (χ2n) is 3.53. The summed E-state index contributed by atoms with van der Waals surface area (Å²) in [5.74, 6) is 0.787. The van der Waals surface area contributed by atoms with Gasteiger partial charge in [0.1, 0.15) is 5.01 Å². The van der Waals surface area contributed by atoms with E-state index in [1.54, 1.807) is 39.1 Å². The molecule has 0 saturated carbocycles. The predicted octanol–water partition coefficient (Wildman–Crippen LogP) is 2.69. The summed E-state index contributed by atoms with van der Waals surface area (Å²) in [6.45, 7) is 0. The zero-order valence-corrected chi connectivity index (χ0v) is 11.9. The molecule has 0 aromatic carbocycles. The fourth-order valence-electron chi connectivity index (χ4n) is 1.37. The van der Waals surface area contributed by atoms with E-state index in [0.29, 0.717) is 0 Å². The van der Waals surface area contributed by atoms with Crippen LogP contribution in [0.4, 0.5) is 0 Å². The number of thiazole rings is 1. The smallest absolute Gasteiger partial charge is 0.209 e. The zero-order valence-electron chi connectivity index (χ0n) is 9.48. The highest BCUT2D eigenvalue weighted by Crippen LogP contribution is 2.28. The molecule has 0 amide bonds. The Morgan fingerprint density at radius 3 is 3.06 bits per heavy atom. The van der Waals surface area contributed by atoms with E-state index in [2.05, 4.69) is 42.7 Å². The molecule has 0 radical (unpaired) electrons. The van der Waals surface area contributed by atoms with Gasteiger partial charge in [-0.15, -0.1) is 16.4 Å². The van der Waals surface area contributed by atoms with Crippen molar-refractivity contribution in [3.63, 3.8) is 0 Å². The third kappa shape index (κ3) is 2.45. The van der Waals surface area contributed by atoms with Crippen molar-refractivity contribution in [3.05, 3.63) is 27.9 Å². The summed E-state index contributed by atoms with van der Waals surface area (Å²) in [5, 5.41) is 19.5. The van der Waals surface area contributed by atoms with Crippen LogP contribution in [0.5, 0.6) is 0 Å². The standard InChI is InChI=1S/C10H9N5S3/c1-15-10(12-13-14-15)18-6-8-5-17-9(11-8)7-2-3-16-4-7/h2-5H,6H2,1H3. The molecule has 0 atom stereocenters. The van der Waals surface area contributed by atoms with Crippen LogP contribution in [0.1, 0.15) is 5.69 Å². The van der Waals surface area contributed by atoms with E-state index in [4.69, 9.17) is 0 Å². The molecule has 92 valence electrons. The van der Waals surface area contributed by atoms with E-state index < -0.39 is 0 Å². The van der Waals surface area contributed by atoms with Crippen LogP contribution < -0.4 is 0 Å². The highest BCUT2D eigenvalue weighted by molar-refractivity contribution is 7.98. The molecule has 0 aliphatic carbocycles. The van der Waals surface area contributed by atoms with Crippen LogP contribution in [0.2, 0.25) is 0 Å². The summed E-state index contributed by atoms with van der Waals surface area (Å²) in [4.78, 5) is 4.61. The van der Waals surface area contributed by atoms with Crippen LogP contribution in [0.25, 0.3) is 10.6 Å². The number of hydrogen-bond acceptors (Lipinski definition) is 7. The van der Waals surface area contributed by atoms with Crippen LogP contribution in [-0.4, -0.2) is 25.2 Å². The van der Waals surface area contributed by atoms with Crippen molar-refractivity contribution in [2.24, 2.45) is 7.05 Å². The monoisotopic (exact) mass is 295 g/mol. The Kier molecular flexibility index (Phi) is 3.39.